The van der Waals surface area contributed by atoms with Crippen LogP contribution in [0.25, 0.3) is 0 Å². The summed E-state index contributed by atoms with van der Waals surface area (Å²) < 4.78 is 0. The minimum atomic E-state index is 0.211. The van der Waals surface area contributed by atoms with E-state index in [-0.39, 0.29) is 5.91 Å². The number of nitrogens with one attached hydrogen (secondary N) is 1. The molecule has 1 aromatic rings. The summed E-state index contributed by atoms with van der Waals surface area (Å²) in [5.74, 6) is 0.211. The fourth-order valence-electron chi connectivity index (χ4n) is 1.88. The molecule has 1 amide bonds. The summed E-state index contributed by atoms with van der Waals surface area (Å²) in [5.41, 5.74) is 1.36. The van der Waals surface area contributed by atoms with Crippen molar-refractivity contribution < 1.29 is 4.79 Å². The molecule has 1 unspecified atom stereocenters. The largest absolute Gasteiger partial charge is 0.353 e. The number of benzene rings is 1. The van der Waals surface area contributed by atoms with Crippen molar-refractivity contribution in [2.24, 2.45) is 0 Å². The van der Waals surface area contributed by atoms with Gasteiger partial charge in [0.1, 0.15) is 0 Å². The molecule has 2 rings (SSSR count). The van der Waals surface area contributed by atoms with E-state index in [0.717, 1.165) is 19.3 Å². The zero-order chi connectivity index (χ0) is 9.80. The van der Waals surface area contributed by atoms with Crippen LogP contribution in [-0.4, -0.2) is 11.9 Å². The molecule has 1 saturated heterocycles. The van der Waals surface area contributed by atoms with E-state index >= 15 is 0 Å². The highest BCUT2D eigenvalue weighted by atomic mass is 16.1. The first-order chi connectivity index (χ1) is 6.84. The maximum atomic E-state index is 11.0. The van der Waals surface area contributed by atoms with Gasteiger partial charge in [-0.3, -0.25) is 4.79 Å². The van der Waals surface area contributed by atoms with Gasteiger partial charge in [-0.15, -0.1) is 0 Å². The lowest BCUT2D eigenvalue weighted by Crippen LogP contribution is -2.25. The molecule has 0 saturated carbocycles. The summed E-state index contributed by atoms with van der Waals surface area (Å²) in [6.45, 7) is 0. The van der Waals surface area contributed by atoms with Crippen molar-refractivity contribution in [2.45, 2.75) is 31.7 Å². The van der Waals surface area contributed by atoms with Crippen molar-refractivity contribution >= 4 is 5.91 Å². The van der Waals surface area contributed by atoms with Crippen molar-refractivity contribution in [1.82, 2.24) is 5.32 Å². The van der Waals surface area contributed by atoms with Gasteiger partial charge in [-0.1, -0.05) is 30.3 Å². The van der Waals surface area contributed by atoms with Crippen molar-refractivity contribution in [2.75, 3.05) is 0 Å². The van der Waals surface area contributed by atoms with E-state index in [9.17, 15) is 4.79 Å². The molecule has 0 spiro atoms. The van der Waals surface area contributed by atoms with E-state index in [1.54, 1.807) is 0 Å². The standard InChI is InChI=1S/C12H15NO/c14-12-9-8-11(13-12)7-6-10-4-2-1-3-5-10/h1-5,11H,6-9H2,(H,13,14). The summed E-state index contributed by atoms with van der Waals surface area (Å²) in [4.78, 5) is 11.0. The van der Waals surface area contributed by atoms with E-state index in [1.807, 2.05) is 6.07 Å². The summed E-state index contributed by atoms with van der Waals surface area (Å²) in [7, 11) is 0. The first kappa shape index (κ1) is 9.25. The minimum absolute atomic E-state index is 0.211. The molecular weight excluding hydrogens is 174 g/mol. The van der Waals surface area contributed by atoms with Crippen LogP contribution >= 0.6 is 0 Å². The van der Waals surface area contributed by atoms with Gasteiger partial charge in [-0.25, -0.2) is 0 Å². The molecular formula is C12H15NO. The molecule has 0 aliphatic carbocycles. The molecule has 0 radical (unpaired) electrons. The Hall–Kier alpha value is -1.31. The molecule has 0 bridgehead atoms. The normalized spacial score (nSPS) is 20.9. The predicted molar refractivity (Wildman–Crippen MR) is 55.9 cm³/mol. The van der Waals surface area contributed by atoms with Crippen molar-refractivity contribution in [3.63, 3.8) is 0 Å². The Labute approximate surface area is 84.3 Å². The molecule has 14 heavy (non-hydrogen) atoms. The minimum Gasteiger partial charge on any atom is -0.353 e. The number of hydrogen-bond acceptors (Lipinski definition) is 1. The predicted octanol–water partition coefficient (Wildman–Crippen LogP) is 1.90. The molecule has 1 fully saturated rings. The Morgan fingerprint density at radius 1 is 1.29 bits per heavy atom. The Morgan fingerprint density at radius 3 is 2.71 bits per heavy atom. The molecule has 1 N–H and O–H groups in total. The number of carbonyl (C=O) groups excluding carboxylic acids is 1. The first-order valence-electron chi connectivity index (χ1n) is 5.18. The molecule has 2 nitrogen and oxygen atoms in total. The smallest absolute Gasteiger partial charge is 0.220 e. The Kier molecular flexibility index (Phi) is 2.82. The molecule has 2 heteroatoms. The summed E-state index contributed by atoms with van der Waals surface area (Å²) in [6.07, 6.45) is 3.84. The number of aryl methyl sites for hydroxylation is 1. The van der Waals surface area contributed by atoms with Crippen molar-refractivity contribution in [3.05, 3.63) is 35.9 Å². The maximum Gasteiger partial charge on any atom is 0.220 e. The van der Waals surface area contributed by atoms with E-state index in [4.69, 9.17) is 0 Å². The van der Waals surface area contributed by atoms with Gasteiger partial charge < -0.3 is 5.32 Å². The number of rotatable bonds is 3. The van der Waals surface area contributed by atoms with Crippen LogP contribution in [0.2, 0.25) is 0 Å². The fraction of sp³-hybridized carbons (Fsp3) is 0.417. The molecule has 74 valence electrons. The average molecular weight is 189 g/mol. The van der Waals surface area contributed by atoms with E-state index in [2.05, 4.69) is 29.6 Å². The molecule has 0 aromatic heterocycles. The lowest BCUT2D eigenvalue weighted by atomic mass is 10.0. The second kappa shape index (κ2) is 4.27. The van der Waals surface area contributed by atoms with Gasteiger partial charge in [0.15, 0.2) is 0 Å². The molecule has 1 aromatic carbocycles. The molecule has 1 heterocycles. The van der Waals surface area contributed by atoms with Gasteiger partial charge in [0.2, 0.25) is 5.91 Å². The van der Waals surface area contributed by atoms with Gasteiger partial charge in [0.25, 0.3) is 0 Å². The fourth-order valence-corrected chi connectivity index (χ4v) is 1.88. The third-order valence-corrected chi connectivity index (χ3v) is 2.71. The van der Waals surface area contributed by atoms with Crippen LogP contribution in [0.1, 0.15) is 24.8 Å². The van der Waals surface area contributed by atoms with Crippen LogP contribution in [0, 0.1) is 0 Å². The third kappa shape index (κ3) is 2.34. The quantitative estimate of drug-likeness (QED) is 0.773. The first-order valence-corrected chi connectivity index (χ1v) is 5.18. The highest BCUT2D eigenvalue weighted by Crippen LogP contribution is 2.13. The lowest BCUT2D eigenvalue weighted by Gasteiger charge is -2.08. The maximum absolute atomic E-state index is 11.0. The van der Waals surface area contributed by atoms with Gasteiger partial charge in [0, 0.05) is 12.5 Å². The molecule has 1 atom stereocenters. The zero-order valence-electron chi connectivity index (χ0n) is 8.20. The Balaban J connectivity index is 1.80. The topological polar surface area (TPSA) is 29.1 Å². The van der Waals surface area contributed by atoms with Gasteiger partial charge in [-0.2, -0.15) is 0 Å². The zero-order valence-corrected chi connectivity index (χ0v) is 8.20. The van der Waals surface area contributed by atoms with Crippen LogP contribution in [0.4, 0.5) is 0 Å². The van der Waals surface area contributed by atoms with E-state index in [1.165, 1.54) is 5.56 Å². The van der Waals surface area contributed by atoms with Crippen LogP contribution in [0.5, 0.6) is 0 Å². The Bertz CT molecular complexity index is 307. The second-order valence-electron chi connectivity index (χ2n) is 3.83. The van der Waals surface area contributed by atoms with E-state index in [0.29, 0.717) is 12.5 Å². The highest BCUT2D eigenvalue weighted by molar-refractivity contribution is 5.78. The number of amides is 1. The highest BCUT2D eigenvalue weighted by Gasteiger charge is 2.19. The van der Waals surface area contributed by atoms with Crippen molar-refractivity contribution in [1.29, 1.82) is 0 Å². The van der Waals surface area contributed by atoms with Crippen LogP contribution in [0.15, 0.2) is 30.3 Å². The monoisotopic (exact) mass is 189 g/mol. The Morgan fingerprint density at radius 2 is 2.07 bits per heavy atom. The van der Waals surface area contributed by atoms with Gasteiger partial charge in [-0.05, 0) is 24.8 Å². The van der Waals surface area contributed by atoms with E-state index < -0.39 is 0 Å². The number of carbonyl (C=O) groups is 1. The lowest BCUT2D eigenvalue weighted by molar-refractivity contribution is -0.119. The molecule has 1 aliphatic rings. The summed E-state index contributed by atoms with van der Waals surface area (Å²) >= 11 is 0. The SMILES string of the molecule is O=C1CCC(CCc2ccccc2)N1. The van der Waals surface area contributed by atoms with Crippen molar-refractivity contribution in [3.8, 4) is 0 Å². The second-order valence-corrected chi connectivity index (χ2v) is 3.83. The van der Waals surface area contributed by atoms with Crippen LogP contribution in [-0.2, 0) is 11.2 Å². The average Bonchev–Trinajstić information content (AvgIpc) is 2.63. The summed E-state index contributed by atoms with van der Waals surface area (Å²) in [5, 5.41) is 2.99. The van der Waals surface area contributed by atoms with Gasteiger partial charge in [0.05, 0.1) is 0 Å². The van der Waals surface area contributed by atoms with Crippen LogP contribution < -0.4 is 5.32 Å². The van der Waals surface area contributed by atoms with Gasteiger partial charge >= 0.3 is 0 Å². The number of hydrogen-bond donors (Lipinski definition) is 1. The third-order valence-electron chi connectivity index (χ3n) is 2.71. The summed E-state index contributed by atoms with van der Waals surface area (Å²) in [6, 6.07) is 10.8. The molecule has 1 aliphatic heterocycles. The van der Waals surface area contributed by atoms with Crippen LogP contribution in [0.3, 0.4) is 0 Å².